The number of carbonyl (C=O) groups excluding carboxylic acids is 1. The van der Waals surface area contributed by atoms with Gasteiger partial charge in [-0.05, 0) is 36.6 Å². The smallest absolute Gasteiger partial charge is 0.227 e. The Morgan fingerprint density at radius 2 is 1.90 bits per heavy atom. The Hall–Kier alpha value is -3.47. The molecule has 0 saturated carbocycles. The SMILES string of the molecule is NC(=CC1=NCCC12CCN(C(=O)Cc1ccccc1)C2)c1cnc2ccccc2c1. The number of fused-ring (bicyclic) bond motifs is 1. The zero-order chi connectivity index (χ0) is 21.3. The van der Waals surface area contributed by atoms with E-state index in [2.05, 4.69) is 11.1 Å². The Kier molecular flexibility index (Phi) is 5.02. The average Bonchev–Trinajstić information content (AvgIpc) is 3.41. The van der Waals surface area contributed by atoms with Crippen LogP contribution in [0.2, 0.25) is 0 Å². The standard InChI is InChI=1S/C26H26N4O/c27-22(21-15-20-8-4-5-9-23(20)29-17-21)16-24-26(10-12-28-24)11-13-30(18-26)25(31)14-19-6-2-1-3-7-19/h1-9,15-17H,10-14,18,27H2. The van der Waals surface area contributed by atoms with Crippen LogP contribution in [0.4, 0.5) is 0 Å². The summed E-state index contributed by atoms with van der Waals surface area (Å²) in [5.41, 5.74) is 11.0. The lowest BCUT2D eigenvalue weighted by Gasteiger charge is -2.25. The highest BCUT2D eigenvalue weighted by atomic mass is 16.2. The van der Waals surface area contributed by atoms with Gasteiger partial charge in [0.15, 0.2) is 0 Å². The second kappa shape index (κ2) is 7.99. The lowest BCUT2D eigenvalue weighted by molar-refractivity contribution is -0.129. The number of likely N-dealkylation sites (tertiary alicyclic amines) is 1. The molecule has 1 atom stereocenters. The normalized spacial score (nSPS) is 21.1. The van der Waals surface area contributed by atoms with Crippen LogP contribution in [0.25, 0.3) is 16.6 Å². The van der Waals surface area contributed by atoms with Gasteiger partial charge in [0.1, 0.15) is 0 Å². The maximum Gasteiger partial charge on any atom is 0.227 e. The quantitative estimate of drug-likeness (QED) is 0.710. The van der Waals surface area contributed by atoms with Crippen molar-refractivity contribution in [3.8, 4) is 0 Å². The lowest BCUT2D eigenvalue weighted by atomic mass is 9.80. The summed E-state index contributed by atoms with van der Waals surface area (Å²) < 4.78 is 0. The monoisotopic (exact) mass is 410 g/mol. The molecule has 2 aliphatic rings. The number of rotatable bonds is 4. The summed E-state index contributed by atoms with van der Waals surface area (Å²) >= 11 is 0. The van der Waals surface area contributed by atoms with E-state index < -0.39 is 0 Å². The molecule has 156 valence electrons. The Morgan fingerprint density at radius 3 is 2.77 bits per heavy atom. The van der Waals surface area contributed by atoms with Crippen molar-refractivity contribution in [3.63, 3.8) is 0 Å². The average molecular weight is 411 g/mol. The number of hydrogen-bond acceptors (Lipinski definition) is 4. The number of amides is 1. The minimum absolute atomic E-state index is 0.0821. The molecule has 2 N–H and O–H groups in total. The third-order valence-electron chi connectivity index (χ3n) is 6.54. The first-order valence-electron chi connectivity index (χ1n) is 10.8. The molecule has 2 aliphatic heterocycles. The van der Waals surface area contributed by atoms with E-state index in [9.17, 15) is 4.79 Å². The minimum atomic E-state index is -0.0821. The second-order valence-corrected chi connectivity index (χ2v) is 8.54. The summed E-state index contributed by atoms with van der Waals surface area (Å²) in [4.78, 5) is 24.2. The van der Waals surface area contributed by atoms with E-state index in [4.69, 9.17) is 10.7 Å². The van der Waals surface area contributed by atoms with Crippen LogP contribution < -0.4 is 5.73 Å². The Morgan fingerprint density at radius 1 is 1.10 bits per heavy atom. The van der Waals surface area contributed by atoms with Crippen LogP contribution in [0.1, 0.15) is 24.0 Å². The fourth-order valence-electron chi connectivity index (χ4n) is 4.73. The number of pyridine rings is 1. The van der Waals surface area contributed by atoms with Crippen LogP contribution in [-0.2, 0) is 11.2 Å². The van der Waals surface area contributed by atoms with Gasteiger partial charge >= 0.3 is 0 Å². The Labute approximate surface area is 182 Å². The van der Waals surface area contributed by atoms with Gasteiger partial charge in [0.05, 0.1) is 11.9 Å². The number of aliphatic imine (C=N–C) groups is 1. The third kappa shape index (κ3) is 3.83. The predicted molar refractivity (Wildman–Crippen MR) is 125 cm³/mol. The van der Waals surface area contributed by atoms with E-state index >= 15 is 0 Å². The molecule has 1 fully saturated rings. The number of nitrogens with two attached hydrogens (primary N) is 1. The highest BCUT2D eigenvalue weighted by Gasteiger charge is 2.45. The summed E-state index contributed by atoms with van der Waals surface area (Å²) in [6.07, 6.45) is 6.18. The van der Waals surface area contributed by atoms with Crippen molar-refractivity contribution in [1.82, 2.24) is 9.88 Å². The van der Waals surface area contributed by atoms with Crippen LogP contribution >= 0.6 is 0 Å². The van der Waals surface area contributed by atoms with Crippen LogP contribution in [0, 0.1) is 5.41 Å². The minimum Gasteiger partial charge on any atom is -0.398 e. The number of nitrogens with zero attached hydrogens (tertiary/aromatic N) is 3. The van der Waals surface area contributed by atoms with Gasteiger partial charge in [-0.25, -0.2) is 0 Å². The Bertz CT molecular complexity index is 1180. The second-order valence-electron chi connectivity index (χ2n) is 8.54. The molecule has 1 saturated heterocycles. The molecule has 5 rings (SSSR count). The van der Waals surface area contributed by atoms with Crippen molar-refractivity contribution in [1.29, 1.82) is 0 Å². The van der Waals surface area contributed by atoms with Crippen molar-refractivity contribution >= 4 is 28.2 Å². The van der Waals surface area contributed by atoms with Gasteiger partial charge in [-0.3, -0.25) is 14.8 Å². The van der Waals surface area contributed by atoms with E-state index in [1.807, 2.05) is 71.8 Å². The molecule has 2 aromatic carbocycles. The first-order valence-corrected chi connectivity index (χ1v) is 10.8. The van der Waals surface area contributed by atoms with E-state index in [1.165, 1.54) is 0 Å². The first kappa shape index (κ1) is 19.5. The van der Waals surface area contributed by atoms with Crippen molar-refractivity contribution in [2.45, 2.75) is 19.3 Å². The van der Waals surface area contributed by atoms with Gasteiger partial charge in [0.25, 0.3) is 0 Å². The summed E-state index contributed by atoms with van der Waals surface area (Å²) in [6.45, 7) is 2.28. The summed E-state index contributed by atoms with van der Waals surface area (Å²) in [6, 6.07) is 20.0. The molecular weight excluding hydrogens is 384 g/mol. The zero-order valence-corrected chi connectivity index (χ0v) is 17.5. The molecule has 1 spiro atoms. The van der Waals surface area contributed by atoms with Crippen LogP contribution in [0.5, 0.6) is 0 Å². The number of carbonyl (C=O) groups is 1. The zero-order valence-electron chi connectivity index (χ0n) is 17.5. The molecular formula is C26H26N4O. The number of para-hydroxylation sites is 1. The summed E-state index contributed by atoms with van der Waals surface area (Å²) in [7, 11) is 0. The van der Waals surface area contributed by atoms with Crippen LogP contribution in [-0.4, -0.2) is 41.1 Å². The van der Waals surface area contributed by atoms with Crippen molar-refractivity contribution in [3.05, 3.63) is 84.1 Å². The van der Waals surface area contributed by atoms with Gasteiger partial charge in [-0.1, -0.05) is 48.5 Å². The van der Waals surface area contributed by atoms with Crippen molar-refractivity contribution in [2.24, 2.45) is 16.1 Å². The number of allylic oxidation sites excluding steroid dienone is 1. The summed E-state index contributed by atoms with van der Waals surface area (Å²) in [5, 5.41) is 1.07. The predicted octanol–water partition coefficient (Wildman–Crippen LogP) is 3.84. The third-order valence-corrected chi connectivity index (χ3v) is 6.54. The van der Waals surface area contributed by atoms with Crippen molar-refractivity contribution < 1.29 is 4.79 Å². The molecule has 1 amide bonds. The molecule has 0 aliphatic carbocycles. The van der Waals surface area contributed by atoms with E-state index in [0.717, 1.165) is 60.2 Å². The maximum atomic E-state index is 12.9. The number of benzene rings is 2. The molecule has 3 heterocycles. The van der Waals surface area contributed by atoms with Gasteiger partial charge in [-0.15, -0.1) is 0 Å². The van der Waals surface area contributed by atoms with E-state index in [1.54, 1.807) is 0 Å². The fraction of sp³-hybridized carbons (Fsp3) is 0.269. The lowest BCUT2D eigenvalue weighted by Crippen LogP contribution is -2.35. The number of aromatic nitrogens is 1. The highest BCUT2D eigenvalue weighted by molar-refractivity contribution is 6.06. The van der Waals surface area contributed by atoms with Gasteiger partial charge < -0.3 is 10.6 Å². The molecule has 5 nitrogen and oxygen atoms in total. The molecule has 1 unspecified atom stereocenters. The van der Waals surface area contributed by atoms with Crippen LogP contribution in [0.3, 0.4) is 0 Å². The Balaban J connectivity index is 1.33. The first-order chi connectivity index (χ1) is 15.1. The fourth-order valence-corrected chi connectivity index (χ4v) is 4.73. The largest absolute Gasteiger partial charge is 0.398 e. The van der Waals surface area contributed by atoms with Gasteiger partial charge in [0.2, 0.25) is 5.91 Å². The van der Waals surface area contributed by atoms with Crippen molar-refractivity contribution in [2.75, 3.05) is 19.6 Å². The molecule has 0 radical (unpaired) electrons. The molecule has 1 aromatic heterocycles. The molecule has 5 heteroatoms. The number of hydrogen-bond donors (Lipinski definition) is 1. The molecule has 3 aromatic rings. The van der Waals surface area contributed by atoms with Gasteiger partial charge in [-0.2, -0.15) is 0 Å². The maximum absolute atomic E-state index is 12.9. The van der Waals surface area contributed by atoms with E-state index in [-0.39, 0.29) is 11.3 Å². The van der Waals surface area contributed by atoms with E-state index in [0.29, 0.717) is 12.1 Å². The highest BCUT2D eigenvalue weighted by Crippen LogP contribution is 2.40. The topological polar surface area (TPSA) is 71.6 Å². The molecule has 31 heavy (non-hydrogen) atoms. The van der Waals surface area contributed by atoms with Gasteiger partial charge in [0, 0.05) is 53.6 Å². The summed E-state index contributed by atoms with van der Waals surface area (Å²) in [5.74, 6) is 0.185. The van der Waals surface area contributed by atoms with Crippen LogP contribution in [0.15, 0.2) is 77.9 Å². The molecule has 0 bridgehead atoms.